The number of nitrogens with one attached hydrogen (secondary N) is 1. The van der Waals surface area contributed by atoms with Crippen LogP contribution in [0.3, 0.4) is 0 Å². The predicted octanol–water partition coefficient (Wildman–Crippen LogP) is 4.33. The number of halogens is 4. The van der Waals surface area contributed by atoms with E-state index in [4.69, 9.17) is 11.6 Å². The van der Waals surface area contributed by atoms with Gasteiger partial charge in [0.2, 0.25) is 0 Å². The maximum absolute atomic E-state index is 12.7. The number of hydrogen-bond acceptors (Lipinski definition) is 4. The Morgan fingerprint density at radius 3 is 2.07 bits per heavy atom. The fraction of sp³-hybridized carbons (Fsp3) is 0.722. The van der Waals surface area contributed by atoms with Crippen molar-refractivity contribution in [2.45, 2.75) is 71.8 Å². The molecule has 0 aliphatic heterocycles. The van der Waals surface area contributed by atoms with Crippen LogP contribution in [0, 0.1) is 5.92 Å². The lowest BCUT2D eigenvalue weighted by molar-refractivity contribution is -0.158. The van der Waals surface area contributed by atoms with Crippen LogP contribution in [-0.4, -0.2) is 51.6 Å². The van der Waals surface area contributed by atoms with Crippen LogP contribution in [0.15, 0.2) is 12.4 Å². The van der Waals surface area contributed by atoms with E-state index in [1.54, 1.807) is 0 Å². The Bertz CT molecular complexity index is 581. The van der Waals surface area contributed by atoms with E-state index in [2.05, 4.69) is 49.5 Å². The number of nitrogens with zero attached hydrogens (tertiary/aromatic N) is 3. The van der Waals surface area contributed by atoms with Gasteiger partial charge in [-0.1, -0.05) is 18.5 Å². The molecule has 9 heteroatoms. The van der Waals surface area contributed by atoms with Gasteiger partial charge >= 0.3 is 6.18 Å². The summed E-state index contributed by atoms with van der Waals surface area (Å²) in [5.74, 6) is -1.43. The van der Waals surface area contributed by atoms with E-state index in [1.807, 2.05) is 5.32 Å². The first-order chi connectivity index (χ1) is 12.5. The third-order valence-electron chi connectivity index (χ3n) is 4.28. The van der Waals surface area contributed by atoms with Crippen LogP contribution < -0.4 is 5.32 Å². The number of amides is 1. The lowest BCUT2D eigenvalue weighted by atomic mass is 10.1. The van der Waals surface area contributed by atoms with Crippen LogP contribution in [0.5, 0.6) is 0 Å². The van der Waals surface area contributed by atoms with E-state index in [0.29, 0.717) is 24.9 Å². The third kappa shape index (κ3) is 8.01. The van der Waals surface area contributed by atoms with Gasteiger partial charge < -0.3 is 5.32 Å². The minimum absolute atomic E-state index is 0.0705. The Hall–Kier alpha value is -1.41. The van der Waals surface area contributed by atoms with Gasteiger partial charge in [-0.15, -0.1) is 0 Å². The molecule has 1 saturated carbocycles. The van der Waals surface area contributed by atoms with Crippen LogP contribution in [0.25, 0.3) is 0 Å². The normalized spacial score (nSPS) is 15.6. The number of hydrogen-bond donors (Lipinski definition) is 1. The summed E-state index contributed by atoms with van der Waals surface area (Å²) in [6, 6.07) is -0.438. The van der Waals surface area contributed by atoms with Crippen molar-refractivity contribution in [1.82, 2.24) is 20.2 Å². The van der Waals surface area contributed by atoms with Crippen molar-refractivity contribution in [2.75, 3.05) is 6.54 Å². The van der Waals surface area contributed by atoms with Crippen LogP contribution in [0.1, 0.15) is 57.9 Å². The standard InChI is InChI=1S/C10H9ClF3N3O.C8H19N/c11-7-4-15-6(3-16-7)9(18)17-8(5-1-2-5)10(12,13)14;1-6-9(7(2)3)8(4)5/h3-5,8H,1-2H2,(H,17,18);7-8H,6H2,1-5H3/t8-;/m0./s1. The highest BCUT2D eigenvalue weighted by Crippen LogP contribution is 2.40. The zero-order valence-electron chi connectivity index (χ0n) is 16.3. The van der Waals surface area contributed by atoms with Crippen LogP contribution in [-0.2, 0) is 0 Å². The summed E-state index contributed by atoms with van der Waals surface area (Å²) in [6.07, 6.45) is -1.36. The molecule has 1 fully saturated rings. The third-order valence-corrected chi connectivity index (χ3v) is 4.47. The zero-order chi connectivity index (χ0) is 20.8. The largest absolute Gasteiger partial charge is 0.408 e. The molecule has 1 aliphatic carbocycles. The number of carbonyl (C=O) groups is 1. The molecular weight excluding hydrogens is 381 g/mol. The molecule has 1 aromatic heterocycles. The van der Waals surface area contributed by atoms with Gasteiger partial charge in [-0.05, 0) is 53.0 Å². The maximum Gasteiger partial charge on any atom is 0.408 e. The first kappa shape index (κ1) is 23.6. The van der Waals surface area contributed by atoms with Gasteiger partial charge in [0.15, 0.2) is 0 Å². The summed E-state index contributed by atoms with van der Waals surface area (Å²) in [6.45, 7) is 12.3. The van der Waals surface area contributed by atoms with Gasteiger partial charge in [0, 0.05) is 12.1 Å². The Balaban J connectivity index is 0.000000345. The summed E-state index contributed by atoms with van der Waals surface area (Å²) in [7, 11) is 0. The van der Waals surface area contributed by atoms with Gasteiger partial charge in [0.1, 0.15) is 16.9 Å². The van der Waals surface area contributed by atoms with Crippen molar-refractivity contribution in [3.8, 4) is 0 Å². The summed E-state index contributed by atoms with van der Waals surface area (Å²) in [5, 5.41) is 2.02. The minimum Gasteiger partial charge on any atom is -0.339 e. The second-order valence-corrected chi connectivity index (χ2v) is 7.46. The number of carbonyl (C=O) groups excluding carboxylic acids is 1. The summed E-state index contributed by atoms with van der Waals surface area (Å²) in [4.78, 5) is 21.3. The summed E-state index contributed by atoms with van der Waals surface area (Å²) in [5.41, 5.74) is -0.186. The number of alkyl halides is 3. The highest BCUT2D eigenvalue weighted by Gasteiger charge is 2.49. The number of rotatable bonds is 6. The molecule has 0 saturated heterocycles. The molecule has 0 bridgehead atoms. The van der Waals surface area contributed by atoms with E-state index in [-0.39, 0.29) is 10.8 Å². The highest BCUT2D eigenvalue weighted by molar-refractivity contribution is 6.29. The number of aromatic nitrogens is 2. The highest BCUT2D eigenvalue weighted by atomic mass is 35.5. The molecule has 1 heterocycles. The lowest BCUT2D eigenvalue weighted by Crippen LogP contribution is -2.47. The van der Waals surface area contributed by atoms with E-state index in [1.165, 1.54) is 0 Å². The molecule has 1 atom stereocenters. The fourth-order valence-electron chi connectivity index (χ4n) is 2.87. The van der Waals surface area contributed by atoms with Gasteiger partial charge in [-0.2, -0.15) is 13.2 Å². The van der Waals surface area contributed by atoms with Gasteiger partial charge in [-0.25, -0.2) is 9.97 Å². The molecule has 1 aliphatic rings. The van der Waals surface area contributed by atoms with E-state index in [9.17, 15) is 18.0 Å². The molecule has 0 unspecified atom stereocenters. The molecule has 0 spiro atoms. The van der Waals surface area contributed by atoms with Crippen molar-refractivity contribution in [3.63, 3.8) is 0 Å². The molecular formula is C18H28ClF3N4O. The summed E-state index contributed by atoms with van der Waals surface area (Å²) < 4.78 is 38.0. The fourth-order valence-corrected chi connectivity index (χ4v) is 2.97. The van der Waals surface area contributed by atoms with Crippen LogP contribution >= 0.6 is 11.6 Å². The first-order valence-corrected chi connectivity index (χ1v) is 9.46. The predicted molar refractivity (Wildman–Crippen MR) is 99.7 cm³/mol. The van der Waals surface area contributed by atoms with Crippen molar-refractivity contribution in [3.05, 3.63) is 23.2 Å². The topological polar surface area (TPSA) is 58.1 Å². The Kier molecular flexibility index (Phi) is 8.94. The monoisotopic (exact) mass is 408 g/mol. The molecule has 0 radical (unpaired) electrons. The first-order valence-electron chi connectivity index (χ1n) is 9.08. The SMILES string of the molecule is CCN(C(C)C)C(C)C.O=C(N[C@@H](C1CC1)C(F)(F)F)c1cnc(Cl)cn1. The molecule has 154 valence electrons. The van der Waals surface area contributed by atoms with E-state index >= 15 is 0 Å². The Morgan fingerprint density at radius 2 is 1.78 bits per heavy atom. The molecule has 1 amide bonds. The second kappa shape index (κ2) is 10.2. The smallest absolute Gasteiger partial charge is 0.339 e. The van der Waals surface area contributed by atoms with E-state index < -0.39 is 24.0 Å². The lowest BCUT2D eigenvalue weighted by Gasteiger charge is -2.28. The van der Waals surface area contributed by atoms with Crippen molar-refractivity contribution in [1.29, 1.82) is 0 Å². The van der Waals surface area contributed by atoms with Gasteiger partial charge in [0.05, 0.1) is 12.4 Å². The van der Waals surface area contributed by atoms with Gasteiger partial charge in [-0.3, -0.25) is 9.69 Å². The molecule has 0 aromatic carbocycles. The van der Waals surface area contributed by atoms with Crippen LogP contribution in [0.4, 0.5) is 13.2 Å². The molecule has 1 N–H and O–H groups in total. The minimum atomic E-state index is -4.45. The molecule has 5 nitrogen and oxygen atoms in total. The van der Waals surface area contributed by atoms with Crippen molar-refractivity contribution in [2.24, 2.45) is 5.92 Å². The van der Waals surface area contributed by atoms with E-state index in [0.717, 1.165) is 18.9 Å². The maximum atomic E-state index is 12.7. The average Bonchev–Trinajstić information content (AvgIpc) is 3.37. The van der Waals surface area contributed by atoms with Crippen LogP contribution in [0.2, 0.25) is 5.15 Å². The van der Waals surface area contributed by atoms with Crippen molar-refractivity contribution >= 4 is 17.5 Å². The Morgan fingerprint density at radius 1 is 1.22 bits per heavy atom. The molecule has 1 aromatic rings. The quantitative estimate of drug-likeness (QED) is 0.761. The van der Waals surface area contributed by atoms with Crippen molar-refractivity contribution < 1.29 is 18.0 Å². The molecule has 2 rings (SSSR count). The van der Waals surface area contributed by atoms with Gasteiger partial charge in [0.25, 0.3) is 5.91 Å². The molecule has 27 heavy (non-hydrogen) atoms. The second-order valence-electron chi connectivity index (χ2n) is 7.07. The average molecular weight is 409 g/mol. The zero-order valence-corrected chi connectivity index (χ0v) is 17.1. The Labute approximate surface area is 163 Å². The summed E-state index contributed by atoms with van der Waals surface area (Å²) >= 11 is 5.47.